The fourth-order valence-corrected chi connectivity index (χ4v) is 2.11. The molecule has 0 aliphatic heterocycles. The Bertz CT molecular complexity index is 621. The van der Waals surface area contributed by atoms with Gasteiger partial charge < -0.3 is 10.5 Å². The van der Waals surface area contributed by atoms with Crippen LogP contribution in [0.2, 0.25) is 5.02 Å². The summed E-state index contributed by atoms with van der Waals surface area (Å²) >= 11 is 5.64. The van der Waals surface area contributed by atoms with Crippen molar-refractivity contribution < 1.29 is 13.5 Å². The van der Waals surface area contributed by atoms with Gasteiger partial charge >= 0.3 is 0 Å². The minimum absolute atomic E-state index is 0.0180. The number of ether oxygens (including phenoxy) is 1. The van der Waals surface area contributed by atoms with Crippen LogP contribution >= 0.6 is 11.6 Å². The number of nitrogens with two attached hydrogens (primary N) is 1. The van der Waals surface area contributed by atoms with Gasteiger partial charge in [-0.2, -0.15) is 0 Å². The zero-order chi connectivity index (χ0) is 15.4. The smallest absolute Gasteiger partial charge is 0.145 e. The second kappa shape index (κ2) is 6.87. The zero-order valence-electron chi connectivity index (χ0n) is 11.5. The molecule has 5 heteroatoms. The third kappa shape index (κ3) is 3.93. The average Bonchev–Trinajstić information content (AvgIpc) is 2.47. The molecule has 2 unspecified atom stereocenters. The molecule has 0 saturated carbocycles. The maximum Gasteiger partial charge on any atom is 0.145 e. The second-order valence-corrected chi connectivity index (χ2v) is 5.15. The van der Waals surface area contributed by atoms with Crippen molar-refractivity contribution in [3.63, 3.8) is 0 Å². The number of rotatable bonds is 5. The minimum Gasteiger partial charge on any atom is -0.484 e. The van der Waals surface area contributed by atoms with E-state index in [4.69, 9.17) is 22.1 Å². The molecule has 0 aliphatic rings. The molecular formula is C16H16ClF2NO. The first-order valence-electron chi connectivity index (χ1n) is 6.64. The molecule has 2 nitrogen and oxygen atoms in total. The molecule has 0 aliphatic carbocycles. The normalized spacial score (nSPS) is 13.8. The summed E-state index contributed by atoms with van der Waals surface area (Å²) in [6.45, 7) is 1.91. The summed E-state index contributed by atoms with van der Waals surface area (Å²) in [6, 6.07) is 9.85. The summed E-state index contributed by atoms with van der Waals surface area (Å²) in [7, 11) is 0. The first-order valence-corrected chi connectivity index (χ1v) is 7.01. The minimum atomic E-state index is -0.572. The van der Waals surface area contributed by atoms with E-state index < -0.39 is 11.9 Å². The lowest BCUT2D eigenvalue weighted by atomic mass is 10.0. The van der Waals surface area contributed by atoms with E-state index in [1.807, 2.05) is 6.92 Å². The summed E-state index contributed by atoms with van der Waals surface area (Å²) in [5.41, 5.74) is 6.66. The maximum atomic E-state index is 13.5. The van der Waals surface area contributed by atoms with Crippen LogP contribution in [-0.4, -0.2) is 6.04 Å². The van der Waals surface area contributed by atoms with Crippen LogP contribution in [0.4, 0.5) is 8.78 Å². The van der Waals surface area contributed by atoms with Crippen molar-refractivity contribution in [3.8, 4) is 5.75 Å². The van der Waals surface area contributed by atoms with Crippen LogP contribution in [0.15, 0.2) is 42.5 Å². The Balaban J connectivity index is 2.30. The lowest BCUT2D eigenvalue weighted by Crippen LogP contribution is -2.31. The fourth-order valence-electron chi connectivity index (χ4n) is 2.00. The summed E-state index contributed by atoms with van der Waals surface area (Å²) in [4.78, 5) is 0. The topological polar surface area (TPSA) is 35.2 Å². The van der Waals surface area contributed by atoms with Crippen molar-refractivity contribution in [2.75, 3.05) is 0 Å². The second-order valence-electron chi connectivity index (χ2n) is 4.74. The number of hydrogen-bond donors (Lipinski definition) is 1. The molecular weight excluding hydrogens is 296 g/mol. The zero-order valence-corrected chi connectivity index (χ0v) is 12.3. The molecule has 0 saturated heterocycles. The van der Waals surface area contributed by atoms with Gasteiger partial charge in [-0.05, 0) is 36.2 Å². The standard InChI is InChI=1S/C16H16ClF2NO/c1-2-15(20)16(10-4-3-5-11(18)8-10)21-12-6-7-13(17)14(19)9-12/h3-9,15-16H,2,20H2,1H3. The van der Waals surface area contributed by atoms with Crippen molar-refractivity contribution >= 4 is 11.6 Å². The Morgan fingerprint density at radius 3 is 2.57 bits per heavy atom. The molecule has 21 heavy (non-hydrogen) atoms. The van der Waals surface area contributed by atoms with Gasteiger partial charge in [-0.3, -0.25) is 0 Å². The number of benzene rings is 2. The van der Waals surface area contributed by atoms with E-state index in [0.29, 0.717) is 17.7 Å². The van der Waals surface area contributed by atoms with Crippen LogP contribution in [0.25, 0.3) is 0 Å². The van der Waals surface area contributed by atoms with Crippen LogP contribution in [0.3, 0.4) is 0 Å². The van der Waals surface area contributed by atoms with Crippen molar-refractivity contribution in [2.45, 2.75) is 25.5 Å². The first kappa shape index (κ1) is 15.7. The van der Waals surface area contributed by atoms with E-state index in [0.717, 1.165) is 0 Å². The highest BCUT2D eigenvalue weighted by molar-refractivity contribution is 6.30. The van der Waals surface area contributed by atoms with E-state index in [9.17, 15) is 8.78 Å². The van der Waals surface area contributed by atoms with Crippen LogP contribution in [0, 0.1) is 11.6 Å². The van der Waals surface area contributed by atoms with Gasteiger partial charge in [0.15, 0.2) is 0 Å². The van der Waals surface area contributed by atoms with Gasteiger partial charge in [0.2, 0.25) is 0 Å². The van der Waals surface area contributed by atoms with Crippen molar-refractivity contribution in [1.29, 1.82) is 0 Å². The van der Waals surface area contributed by atoms with Gasteiger partial charge in [-0.25, -0.2) is 8.78 Å². The van der Waals surface area contributed by atoms with E-state index in [-0.39, 0.29) is 16.9 Å². The van der Waals surface area contributed by atoms with Gasteiger partial charge in [0.1, 0.15) is 23.5 Å². The van der Waals surface area contributed by atoms with Crippen LogP contribution in [-0.2, 0) is 0 Å². The van der Waals surface area contributed by atoms with Crippen molar-refractivity contribution in [3.05, 3.63) is 64.7 Å². The average molecular weight is 312 g/mol. The number of hydrogen-bond acceptors (Lipinski definition) is 2. The highest BCUT2D eigenvalue weighted by atomic mass is 35.5. The van der Waals surface area contributed by atoms with Crippen LogP contribution < -0.4 is 10.5 Å². The molecule has 0 fully saturated rings. The molecule has 2 aromatic carbocycles. The Morgan fingerprint density at radius 2 is 1.95 bits per heavy atom. The third-order valence-electron chi connectivity index (χ3n) is 3.19. The SMILES string of the molecule is CCC(N)C(Oc1ccc(Cl)c(F)c1)c1cccc(F)c1. The maximum absolute atomic E-state index is 13.5. The Kier molecular flexibility index (Phi) is 5.15. The predicted octanol–water partition coefficient (Wildman–Crippen LogP) is 4.48. The van der Waals surface area contributed by atoms with Gasteiger partial charge in [0.25, 0.3) is 0 Å². The Morgan fingerprint density at radius 1 is 1.19 bits per heavy atom. The largest absolute Gasteiger partial charge is 0.484 e. The quantitative estimate of drug-likeness (QED) is 0.884. The molecule has 112 valence electrons. The van der Waals surface area contributed by atoms with Gasteiger partial charge in [0, 0.05) is 12.1 Å². The monoisotopic (exact) mass is 311 g/mol. The number of halogens is 3. The molecule has 2 N–H and O–H groups in total. The molecule has 2 aromatic rings. The molecule has 0 radical (unpaired) electrons. The van der Waals surface area contributed by atoms with E-state index in [1.165, 1.54) is 24.3 Å². The highest BCUT2D eigenvalue weighted by Crippen LogP contribution is 2.28. The van der Waals surface area contributed by atoms with E-state index in [2.05, 4.69) is 0 Å². The molecule has 0 amide bonds. The van der Waals surface area contributed by atoms with Crippen molar-refractivity contribution in [2.24, 2.45) is 5.73 Å². The molecule has 0 heterocycles. The summed E-state index contributed by atoms with van der Waals surface area (Å²) in [5, 5.41) is 0.0180. The highest BCUT2D eigenvalue weighted by Gasteiger charge is 2.21. The third-order valence-corrected chi connectivity index (χ3v) is 3.50. The van der Waals surface area contributed by atoms with Gasteiger partial charge in [-0.15, -0.1) is 0 Å². The predicted molar refractivity (Wildman–Crippen MR) is 79.4 cm³/mol. The lowest BCUT2D eigenvalue weighted by Gasteiger charge is -2.25. The first-order chi connectivity index (χ1) is 10.0. The molecule has 0 bridgehead atoms. The van der Waals surface area contributed by atoms with Gasteiger partial charge in [0.05, 0.1) is 5.02 Å². The van der Waals surface area contributed by atoms with Crippen LogP contribution in [0.1, 0.15) is 25.0 Å². The summed E-state index contributed by atoms with van der Waals surface area (Å²) < 4.78 is 32.6. The molecule has 0 aromatic heterocycles. The van der Waals surface area contributed by atoms with E-state index >= 15 is 0 Å². The summed E-state index contributed by atoms with van der Waals surface area (Å²) in [6.07, 6.45) is 0.0725. The molecule has 0 spiro atoms. The Labute approximate surface area is 127 Å². The van der Waals surface area contributed by atoms with E-state index in [1.54, 1.807) is 18.2 Å². The Hall–Kier alpha value is -1.65. The van der Waals surface area contributed by atoms with Crippen molar-refractivity contribution in [1.82, 2.24) is 0 Å². The van der Waals surface area contributed by atoms with Gasteiger partial charge in [-0.1, -0.05) is 30.7 Å². The fraction of sp³-hybridized carbons (Fsp3) is 0.250. The summed E-state index contributed by atoms with van der Waals surface area (Å²) in [5.74, 6) is -0.640. The molecule has 2 atom stereocenters. The molecule has 2 rings (SSSR count). The lowest BCUT2D eigenvalue weighted by molar-refractivity contribution is 0.170. The van der Waals surface area contributed by atoms with Crippen LogP contribution in [0.5, 0.6) is 5.75 Å².